The average molecular weight is 810 g/mol. The lowest BCUT2D eigenvalue weighted by atomic mass is 9.92. The van der Waals surface area contributed by atoms with E-state index in [1.54, 1.807) is 0 Å². The molecule has 8 aromatic rings. The number of ether oxygens (including phenoxy) is 8. The maximum Gasteiger partial charge on any atom is 0.112 e. The van der Waals surface area contributed by atoms with E-state index in [0.29, 0.717) is 99.1 Å². The molecule has 1 heterocycles. The molecule has 1 unspecified atom stereocenters. The van der Waals surface area contributed by atoms with Gasteiger partial charge in [-0.25, -0.2) is 0 Å². The lowest BCUT2D eigenvalue weighted by molar-refractivity contribution is -0.141. The molecule has 8 aromatic carbocycles. The largest absolute Gasteiger partial charge is 0.377 e. The van der Waals surface area contributed by atoms with E-state index in [2.05, 4.69) is 114 Å². The fraction of sp³-hybridized carbons (Fsp3) is 0.373. The molecule has 1 saturated heterocycles. The van der Waals surface area contributed by atoms with Crippen LogP contribution < -0.4 is 4.90 Å². The van der Waals surface area contributed by atoms with Gasteiger partial charge in [0.1, 0.15) is 5.60 Å². The zero-order chi connectivity index (χ0) is 40.6. The second kappa shape index (κ2) is 19.4. The van der Waals surface area contributed by atoms with Crippen LogP contribution in [0.5, 0.6) is 0 Å². The molecule has 1 aliphatic heterocycles. The summed E-state index contributed by atoms with van der Waals surface area (Å²) >= 11 is 0. The predicted octanol–water partition coefficient (Wildman–Crippen LogP) is 9.39. The summed E-state index contributed by atoms with van der Waals surface area (Å²) in [5.41, 5.74) is 1.73. The Hall–Kier alpha value is -4.68. The van der Waals surface area contributed by atoms with Gasteiger partial charge in [-0.2, -0.15) is 0 Å². The van der Waals surface area contributed by atoms with Crippen LogP contribution in [-0.4, -0.2) is 111 Å². The molecule has 0 bridgehead atoms. The Kier molecular flexibility index (Phi) is 13.1. The Morgan fingerprint density at radius 1 is 0.467 bits per heavy atom. The number of nitrogens with zero attached hydrogens (tertiary/aromatic N) is 1. The molecule has 0 aliphatic carbocycles. The van der Waals surface area contributed by atoms with Crippen molar-refractivity contribution in [3.05, 3.63) is 115 Å². The lowest BCUT2D eigenvalue weighted by Crippen LogP contribution is -2.41. The summed E-state index contributed by atoms with van der Waals surface area (Å²) in [5.74, 6) is 0. The van der Waals surface area contributed by atoms with Gasteiger partial charge in [-0.1, -0.05) is 103 Å². The van der Waals surface area contributed by atoms with Crippen molar-refractivity contribution in [2.45, 2.75) is 19.1 Å². The van der Waals surface area contributed by atoms with Crippen LogP contribution in [0.25, 0.3) is 64.6 Å². The normalized spacial score (nSPS) is 18.6. The van der Waals surface area contributed by atoms with Crippen molar-refractivity contribution in [2.75, 3.05) is 110 Å². The third-order valence-corrected chi connectivity index (χ3v) is 11.7. The fourth-order valence-corrected chi connectivity index (χ4v) is 8.73. The molecule has 9 nitrogen and oxygen atoms in total. The van der Waals surface area contributed by atoms with Gasteiger partial charge < -0.3 is 42.8 Å². The third kappa shape index (κ3) is 9.15. The highest BCUT2D eigenvalue weighted by atomic mass is 16.6. The maximum absolute atomic E-state index is 6.26. The van der Waals surface area contributed by atoms with Crippen LogP contribution in [0.2, 0.25) is 0 Å². The van der Waals surface area contributed by atoms with Gasteiger partial charge in [0.25, 0.3) is 0 Å². The van der Waals surface area contributed by atoms with Crippen molar-refractivity contribution in [3.8, 4) is 0 Å². The van der Waals surface area contributed by atoms with Gasteiger partial charge in [-0.15, -0.1) is 0 Å². The Balaban J connectivity index is 0.718. The van der Waals surface area contributed by atoms with Gasteiger partial charge in [0.2, 0.25) is 0 Å². The monoisotopic (exact) mass is 809 g/mol. The van der Waals surface area contributed by atoms with Crippen LogP contribution in [0, 0.1) is 0 Å². The molecule has 9 rings (SSSR count). The van der Waals surface area contributed by atoms with Crippen LogP contribution in [0.3, 0.4) is 0 Å². The molecule has 0 N–H and O–H groups in total. The molecule has 0 aromatic heterocycles. The minimum Gasteiger partial charge on any atom is -0.377 e. The molecule has 1 fully saturated rings. The summed E-state index contributed by atoms with van der Waals surface area (Å²) in [6.45, 7) is 10.6. The van der Waals surface area contributed by atoms with E-state index in [1.807, 2.05) is 6.92 Å². The zero-order valence-electron chi connectivity index (χ0n) is 34.6. The van der Waals surface area contributed by atoms with E-state index < -0.39 is 5.60 Å². The van der Waals surface area contributed by atoms with Crippen LogP contribution in [0.1, 0.15) is 12.5 Å². The molecule has 60 heavy (non-hydrogen) atoms. The molecule has 1 atom stereocenters. The van der Waals surface area contributed by atoms with Crippen molar-refractivity contribution in [2.24, 2.45) is 0 Å². The first kappa shape index (κ1) is 40.7. The third-order valence-electron chi connectivity index (χ3n) is 11.7. The maximum atomic E-state index is 6.26. The number of anilines is 1. The molecular weight excluding hydrogens is 755 g/mol. The Bertz CT molecular complexity index is 2580. The van der Waals surface area contributed by atoms with E-state index in [0.717, 1.165) is 13.1 Å². The van der Waals surface area contributed by atoms with E-state index in [4.69, 9.17) is 37.9 Å². The number of benzene rings is 8. The molecule has 0 spiro atoms. The second-order valence-electron chi connectivity index (χ2n) is 15.9. The van der Waals surface area contributed by atoms with Crippen molar-refractivity contribution < 1.29 is 37.9 Å². The smallest absolute Gasteiger partial charge is 0.112 e. The predicted molar refractivity (Wildman–Crippen MR) is 241 cm³/mol. The zero-order valence-corrected chi connectivity index (χ0v) is 34.6. The van der Waals surface area contributed by atoms with Crippen molar-refractivity contribution >= 4 is 70.3 Å². The summed E-state index contributed by atoms with van der Waals surface area (Å²) in [4.78, 5) is 2.38. The van der Waals surface area contributed by atoms with Crippen LogP contribution in [-0.2, 0) is 44.5 Å². The summed E-state index contributed by atoms with van der Waals surface area (Å²) < 4.78 is 48.4. The highest BCUT2D eigenvalue weighted by Crippen LogP contribution is 2.39. The van der Waals surface area contributed by atoms with Crippen molar-refractivity contribution in [3.63, 3.8) is 0 Å². The van der Waals surface area contributed by atoms with Gasteiger partial charge in [0.15, 0.2) is 0 Å². The van der Waals surface area contributed by atoms with Crippen LogP contribution in [0.15, 0.2) is 109 Å². The second-order valence-corrected chi connectivity index (χ2v) is 15.9. The Labute approximate surface area is 351 Å². The minimum atomic E-state index is -0.652. The molecule has 9 heteroatoms. The highest BCUT2D eigenvalue weighted by molar-refractivity contribution is 6.25. The van der Waals surface area contributed by atoms with E-state index in [-0.39, 0.29) is 0 Å². The lowest BCUT2D eigenvalue weighted by Gasteiger charge is -2.30. The van der Waals surface area contributed by atoms with E-state index in [1.165, 1.54) is 75.9 Å². The van der Waals surface area contributed by atoms with E-state index >= 15 is 0 Å². The number of hydrogen-bond donors (Lipinski definition) is 0. The minimum absolute atomic E-state index is 0.361. The fourth-order valence-electron chi connectivity index (χ4n) is 8.73. The van der Waals surface area contributed by atoms with Crippen molar-refractivity contribution in [1.29, 1.82) is 0 Å². The topological polar surface area (TPSA) is 77.1 Å². The standard InChI is InChI=1S/C51H55NO8/c1-51(36-59-31-28-55-26-29-57-34-43-13-12-41-10-8-37-4-2-6-39-14-17-44(43)49(41)47(37)39)35-58-30-27-54-23-21-52(20-22-53-24-25-56-32-33-60-51)46-19-16-42-11-9-38-5-3-7-40-15-18-45(46)50(42)48(38)40/h2-19H,20-36H2,1H3. The highest BCUT2D eigenvalue weighted by Gasteiger charge is 2.26. The number of rotatable bonds is 11. The summed E-state index contributed by atoms with van der Waals surface area (Å²) in [5, 5.41) is 15.3. The van der Waals surface area contributed by atoms with E-state index in [9.17, 15) is 0 Å². The van der Waals surface area contributed by atoms with Gasteiger partial charge in [-0.3, -0.25) is 0 Å². The molecule has 0 amide bonds. The van der Waals surface area contributed by atoms with Crippen molar-refractivity contribution in [1.82, 2.24) is 0 Å². The van der Waals surface area contributed by atoms with Gasteiger partial charge in [-0.05, 0) is 77.8 Å². The molecule has 0 saturated carbocycles. The average Bonchev–Trinajstić information content (AvgIpc) is 3.28. The molecule has 312 valence electrons. The SMILES string of the molecule is CC1(COCCOCCOCc2ccc3ccc4cccc5ccc2c3c45)COCCOCCN(c2ccc3ccc4cccc5ccc2c3c45)CCOCCOCCO1. The summed E-state index contributed by atoms with van der Waals surface area (Å²) in [6.07, 6.45) is 0. The van der Waals surface area contributed by atoms with Gasteiger partial charge in [0, 0.05) is 24.2 Å². The first-order chi connectivity index (χ1) is 29.7. The Morgan fingerprint density at radius 3 is 1.62 bits per heavy atom. The summed E-state index contributed by atoms with van der Waals surface area (Å²) in [6, 6.07) is 39.7. The molecular formula is C51H55NO8. The quantitative estimate of drug-likeness (QED) is 0.0939. The first-order valence-corrected chi connectivity index (χ1v) is 21.4. The summed E-state index contributed by atoms with van der Waals surface area (Å²) in [7, 11) is 0. The first-order valence-electron chi connectivity index (χ1n) is 21.4. The molecule has 1 aliphatic rings. The van der Waals surface area contributed by atoms with Crippen LogP contribution >= 0.6 is 0 Å². The van der Waals surface area contributed by atoms with Gasteiger partial charge >= 0.3 is 0 Å². The molecule has 0 radical (unpaired) electrons. The van der Waals surface area contributed by atoms with Gasteiger partial charge in [0.05, 0.1) is 99.1 Å². The number of hydrogen-bond acceptors (Lipinski definition) is 9. The Morgan fingerprint density at radius 2 is 0.950 bits per heavy atom. The van der Waals surface area contributed by atoms with Crippen LogP contribution in [0.4, 0.5) is 5.69 Å².